The molecule has 1 aromatic carbocycles. The number of esters is 1. The third-order valence-corrected chi connectivity index (χ3v) is 2.62. The number of nitrogens with zero attached hydrogens (tertiary/aromatic N) is 3. The molecule has 0 saturated carbocycles. The van der Waals surface area contributed by atoms with E-state index in [4.69, 9.17) is 4.74 Å². The number of carbonyl (C=O) groups is 1. The lowest BCUT2D eigenvalue weighted by atomic mass is 10.1. The van der Waals surface area contributed by atoms with Crippen LogP contribution in [-0.2, 0) is 11.3 Å². The molecule has 0 aliphatic heterocycles. The standard InChI is InChI=1S/C13H13N3O4/c1-2-20-13(17)11-5-3-10(4-6-11)9-15-8-7-12(14-15)16(18)19/h3-8H,2,9H2,1H3. The highest BCUT2D eigenvalue weighted by molar-refractivity contribution is 5.89. The topological polar surface area (TPSA) is 87.3 Å². The van der Waals surface area contributed by atoms with Crippen molar-refractivity contribution >= 4 is 11.8 Å². The Morgan fingerprint density at radius 2 is 2.05 bits per heavy atom. The molecule has 2 rings (SSSR count). The Bertz CT molecular complexity index is 619. The van der Waals surface area contributed by atoms with Crippen molar-refractivity contribution in [3.8, 4) is 0 Å². The van der Waals surface area contributed by atoms with E-state index >= 15 is 0 Å². The molecular weight excluding hydrogens is 262 g/mol. The van der Waals surface area contributed by atoms with Crippen LogP contribution in [0.15, 0.2) is 36.5 Å². The molecule has 0 aliphatic rings. The Balaban J connectivity index is 2.06. The van der Waals surface area contributed by atoms with E-state index in [-0.39, 0.29) is 11.8 Å². The van der Waals surface area contributed by atoms with Gasteiger partial charge in [-0.05, 0) is 29.5 Å². The average Bonchev–Trinajstić information content (AvgIpc) is 2.88. The molecule has 104 valence electrons. The van der Waals surface area contributed by atoms with Gasteiger partial charge in [0, 0.05) is 0 Å². The largest absolute Gasteiger partial charge is 0.462 e. The molecule has 0 N–H and O–H groups in total. The monoisotopic (exact) mass is 275 g/mol. The van der Waals surface area contributed by atoms with Crippen molar-refractivity contribution in [2.45, 2.75) is 13.5 Å². The first kappa shape index (κ1) is 13.7. The predicted molar refractivity (Wildman–Crippen MR) is 70.4 cm³/mol. The summed E-state index contributed by atoms with van der Waals surface area (Å²) >= 11 is 0. The fraction of sp³-hybridized carbons (Fsp3) is 0.231. The first-order valence-corrected chi connectivity index (χ1v) is 6.04. The molecule has 0 saturated heterocycles. The van der Waals surface area contributed by atoms with E-state index in [2.05, 4.69) is 5.10 Å². The SMILES string of the molecule is CCOC(=O)c1ccc(Cn2ccc([N+](=O)[O-])n2)cc1. The van der Waals surface area contributed by atoms with Gasteiger partial charge in [0.2, 0.25) is 0 Å². The smallest absolute Gasteiger partial charge is 0.389 e. The third kappa shape index (κ3) is 3.19. The molecule has 0 spiro atoms. The molecule has 7 nitrogen and oxygen atoms in total. The van der Waals surface area contributed by atoms with Crippen LogP contribution in [-0.4, -0.2) is 27.3 Å². The summed E-state index contributed by atoms with van der Waals surface area (Å²) in [4.78, 5) is 21.5. The van der Waals surface area contributed by atoms with Gasteiger partial charge in [0.05, 0.1) is 36.1 Å². The van der Waals surface area contributed by atoms with Crippen LogP contribution < -0.4 is 0 Å². The maximum Gasteiger partial charge on any atom is 0.389 e. The summed E-state index contributed by atoms with van der Waals surface area (Å²) in [6.45, 7) is 2.48. The van der Waals surface area contributed by atoms with Crippen molar-refractivity contribution in [2.24, 2.45) is 0 Å². The van der Waals surface area contributed by atoms with E-state index in [9.17, 15) is 14.9 Å². The molecule has 0 atom stereocenters. The lowest BCUT2D eigenvalue weighted by molar-refractivity contribution is -0.389. The third-order valence-electron chi connectivity index (χ3n) is 2.62. The van der Waals surface area contributed by atoms with Crippen LogP contribution >= 0.6 is 0 Å². The van der Waals surface area contributed by atoms with Crippen molar-refractivity contribution in [1.29, 1.82) is 0 Å². The molecule has 7 heteroatoms. The zero-order chi connectivity index (χ0) is 14.5. The van der Waals surface area contributed by atoms with Crippen LogP contribution in [0, 0.1) is 10.1 Å². The number of nitro groups is 1. The van der Waals surface area contributed by atoms with Crippen LogP contribution in [0.5, 0.6) is 0 Å². The highest BCUT2D eigenvalue weighted by atomic mass is 16.6. The van der Waals surface area contributed by atoms with Gasteiger partial charge in [-0.2, -0.15) is 4.68 Å². The van der Waals surface area contributed by atoms with Crippen molar-refractivity contribution in [2.75, 3.05) is 6.61 Å². The lowest BCUT2D eigenvalue weighted by Gasteiger charge is -2.03. The molecule has 2 aromatic rings. The van der Waals surface area contributed by atoms with Gasteiger partial charge in [-0.3, -0.25) is 0 Å². The van der Waals surface area contributed by atoms with Crippen LogP contribution in [0.25, 0.3) is 0 Å². The maximum atomic E-state index is 11.5. The van der Waals surface area contributed by atoms with Crippen LogP contribution in [0.1, 0.15) is 22.8 Å². The van der Waals surface area contributed by atoms with E-state index in [1.54, 1.807) is 31.2 Å². The minimum Gasteiger partial charge on any atom is -0.462 e. The number of aromatic nitrogens is 2. The summed E-state index contributed by atoms with van der Waals surface area (Å²) in [5, 5.41) is 14.3. The molecule has 20 heavy (non-hydrogen) atoms. The second kappa shape index (κ2) is 5.96. The van der Waals surface area contributed by atoms with E-state index in [1.165, 1.54) is 16.9 Å². The van der Waals surface area contributed by atoms with Gasteiger partial charge in [0.25, 0.3) is 0 Å². The molecule has 1 aromatic heterocycles. The maximum absolute atomic E-state index is 11.5. The van der Waals surface area contributed by atoms with Gasteiger partial charge >= 0.3 is 11.8 Å². The van der Waals surface area contributed by atoms with Crippen molar-refractivity contribution in [3.63, 3.8) is 0 Å². The molecule has 0 aliphatic carbocycles. The number of carbonyl (C=O) groups excluding carboxylic acids is 1. The molecule has 0 amide bonds. The van der Waals surface area contributed by atoms with Crippen molar-refractivity contribution in [3.05, 3.63) is 57.8 Å². The summed E-state index contributed by atoms with van der Waals surface area (Å²) in [5.74, 6) is -0.554. The molecular formula is C13H13N3O4. The predicted octanol–water partition coefficient (Wildman–Crippen LogP) is 2.02. The van der Waals surface area contributed by atoms with Gasteiger partial charge in [0.1, 0.15) is 0 Å². The Kier molecular flexibility index (Phi) is 4.09. The normalized spacial score (nSPS) is 10.2. The number of hydrogen-bond acceptors (Lipinski definition) is 5. The number of rotatable bonds is 5. The summed E-state index contributed by atoms with van der Waals surface area (Å²) < 4.78 is 6.35. The average molecular weight is 275 g/mol. The van der Waals surface area contributed by atoms with Crippen LogP contribution in [0.4, 0.5) is 5.82 Å². The Labute approximate surface area is 114 Å². The Morgan fingerprint density at radius 1 is 1.35 bits per heavy atom. The zero-order valence-corrected chi connectivity index (χ0v) is 10.9. The second-order valence-corrected chi connectivity index (χ2v) is 4.05. The van der Waals surface area contributed by atoms with Gasteiger partial charge in [0.15, 0.2) is 0 Å². The minimum atomic E-state index is -0.541. The zero-order valence-electron chi connectivity index (χ0n) is 10.9. The minimum absolute atomic E-state index is 0.187. The Morgan fingerprint density at radius 3 is 2.60 bits per heavy atom. The number of ether oxygens (including phenoxy) is 1. The first-order valence-electron chi connectivity index (χ1n) is 6.04. The fourth-order valence-corrected chi connectivity index (χ4v) is 1.68. The second-order valence-electron chi connectivity index (χ2n) is 4.05. The summed E-state index contributed by atoms with van der Waals surface area (Å²) in [6.07, 6.45) is 1.54. The van der Waals surface area contributed by atoms with Gasteiger partial charge in [-0.1, -0.05) is 12.1 Å². The van der Waals surface area contributed by atoms with E-state index in [1.807, 2.05) is 0 Å². The quantitative estimate of drug-likeness (QED) is 0.473. The molecule has 0 radical (unpaired) electrons. The molecule has 0 fully saturated rings. The Hall–Kier alpha value is -2.70. The highest BCUT2D eigenvalue weighted by Gasteiger charge is 2.11. The molecule has 1 heterocycles. The van der Waals surface area contributed by atoms with Crippen molar-refractivity contribution in [1.82, 2.24) is 9.78 Å². The van der Waals surface area contributed by atoms with E-state index in [0.29, 0.717) is 18.7 Å². The van der Waals surface area contributed by atoms with Crippen molar-refractivity contribution < 1.29 is 14.5 Å². The fourth-order valence-electron chi connectivity index (χ4n) is 1.68. The van der Waals surface area contributed by atoms with Crippen LogP contribution in [0.3, 0.4) is 0 Å². The summed E-state index contributed by atoms with van der Waals surface area (Å²) in [5.41, 5.74) is 1.36. The van der Waals surface area contributed by atoms with Gasteiger partial charge in [-0.25, -0.2) is 4.79 Å². The first-order chi connectivity index (χ1) is 9.60. The number of hydrogen-bond donors (Lipinski definition) is 0. The van der Waals surface area contributed by atoms with Crippen LogP contribution in [0.2, 0.25) is 0 Å². The van der Waals surface area contributed by atoms with E-state index in [0.717, 1.165) is 5.56 Å². The lowest BCUT2D eigenvalue weighted by Crippen LogP contribution is -2.05. The van der Waals surface area contributed by atoms with Gasteiger partial charge in [-0.15, -0.1) is 0 Å². The summed E-state index contributed by atoms with van der Waals surface area (Å²) in [6, 6.07) is 8.18. The van der Waals surface area contributed by atoms with E-state index < -0.39 is 4.92 Å². The molecule has 0 bridgehead atoms. The molecule has 0 unspecified atom stereocenters. The summed E-state index contributed by atoms with van der Waals surface area (Å²) in [7, 11) is 0. The number of benzene rings is 1. The van der Waals surface area contributed by atoms with Gasteiger partial charge < -0.3 is 14.9 Å². The highest BCUT2D eigenvalue weighted by Crippen LogP contribution is 2.10.